The van der Waals surface area contributed by atoms with Crippen LogP contribution in [0.4, 0.5) is 0 Å². The van der Waals surface area contributed by atoms with Crippen LogP contribution in [0.3, 0.4) is 0 Å². The second-order valence-electron chi connectivity index (χ2n) is 10.7. The molecule has 2 unspecified atom stereocenters. The molecule has 0 aliphatic carbocycles. The van der Waals surface area contributed by atoms with E-state index in [2.05, 4.69) is 46.8 Å². The summed E-state index contributed by atoms with van der Waals surface area (Å²) in [7, 11) is 0. The van der Waals surface area contributed by atoms with Crippen molar-refractivity contribution in [1.29, 1.82) is 0 Å². The SMILES string of the molecule is CCCCCCCCCCCCCCCCCCSc1cc(C(C)CC)c([O])c(C(C)CC)c1. The largest absolute Gasteiger partial charge is 0.289 e. The zero-order valence-electron chi connectivity index (χ0n) is 23.6. The molecule has 1 nitrogen and oxygen atoms in total. The van der Waals surface area contributed by atoms with Crippen molar-refractivity contribution >= 4 is 11.8 Å². The van der Waals surface area contributed by atoms with Gasteiger partial charge in [-0.3, -0.25) is 5.11 Å². The van der Waals surface area contributed by atoms with Gasteiger partial charge in [0, 0.05) is 16.0 Å². The zero-order valence-corrected chi connectivity index (χ0v) is 24.4. The highest BCUT2D eigenvalue weighted by Gasteiger charge is 2.19. The van der Waals surface area contributed by atoms with Crippen molar-refractivity contribution < 1.29 is 5.11 Å². The number of thioether (sulfide) groups is 1. The van der Waals surface area contributed by atoms with Crippen LogP contribution in [0.15, 0.2) is 17.0 Å². The van der Waals surface area contributed by atoms with Crippen molar-refractivity contribution in [3.63, 3.8) is 0 Å². The molecule has 0 spiro atoms. The maximum absolute atomic E-state index is 12.9. The summed E-state index contributed by atoms with van der Waals surface area (Å²) < 4.78 is 0. The van der Waals surface area contributed by atoms with Crippen LogP contribution < -0.4 is 0 Å². The summed E-state index contributed by atoms with van der Waals surface area (Å²) in [5.74, 6) is 2.18. The molecule has 1 rings (SSSR count). The van der Waals surface area contributed by atoms with Crippen LogP contribution in [0.1, 0.15) is 173 Å². The molecule has 197 valence electrons. The molecule has 1 aromatic carbocycles. The number of rotatable bonds is 22. The Bertz CT molecular complexity index is 580. The Morgan fingerprint density at radius 2 is 0.941 bits per heavy atom. The van der Waals surface area contributed by atoms with E-state index in [1.54, 1.807) is 0 Å². The van der Waals surface area contributed by atoms with Crippen LogP contribution in [0.5, 0.6) is 5.75 Å². The minimum Gasteiger partial charge on any atom is -0.289 e. The van der Waals surface area contributed by atoms with E-state index in [1.165, 1.54) is 113 Å². The fourth-order valence-electron chi connectivity index (χ4n) is 4.74. The van der Waals surface area contributed by atoms with Gasteiger partial charge in [0.1, 0.15) is 0 Å². The van der Waals surface area contributed by atoms with Crippen LogP contribution in [-0.2, 0) is 5.11 Å². The molecule has 0 aliphatic heterocycles. The number of hydrogen-bond donors (Lipinski definition) is 0. The van der Waals surface area contributed by atoms with Gasteiger partial charge in [-0.15, -0.1) is 11.8 Å². The molecule has 0 bridgehead atoms. The predicted molar refractivity (Wildman–Crippen MR) is 154 cm³/mol. The number of hydrogen-bond acceptors (Lipinski definition) is 1. The second kappa shape index (κ2) is 20.6. The summed E-state index contributed by atoms with van der Waals surface area (Å²) in [4.78, 5) is 1.31. The van der Waals surface area contributed by atoms with E-state index in [1.807, 2.05) is 11.8 Å². The van der Waals surface area contributed by atoms with Gasteiger partial charge in [-0.05, 0) is 49.0 Å². The Morgan fingerprint density at radius 1 is 0.588 bits per heavy atom. The highest BCUT2D eigenvalue weighted by Crippen LogP contribution is 2.40. The van der Waals surface area contributed by atoms with Crippen molar-refractivity contribution in [3.05, 3.63) is 23.3 Å². The van der Waals surface area contributed by atoms with E-state index in [9.17, 15) is 5.11 Å². The summed E-state index contributed by atoms with van der Waals surface area (Å²) >= 11 is 1.96. The van der Waals surface area contributed by atoms with Gasteiger partial charge in [0.25, 0.3) is 0 Å². The first-order chi connectivity index (χ1) is 16.5. The average molecular weight is 490 g/mol. The van der Waals surface area contributed by atoms with Crippen molar-refractivity contribution in [2.75, 3.05) is 5.75 Å². The van der Waals surface area contributed by atoms with E-state index >= 15 is 0 Å². The lowest BCUT2D eigenvalue weighted by atomic mass is 9.90. The maximum atomic E-state index is 12.9. The first-order valence-corrected chi connectivity index (χ1v) is 16.0. The second-order valence-corrected chi connectivity index (χ2v) is 11.9. The minimum absolute atomic E-state index is 0.301. The van der Waals surface area contributed by atoms with Gasteiger partial charge >= 0.3 is 0 Å². The minimum atomic E-state index is 0.301. The Balaban J connectivity index is 2.12. The summed E-state index contributed by atoms with van der Waals surface area (Å²) in [6, 6.07) is 4.39. The van der Waals surface area contributed by atoms with E-state index in [4.69, 9.17) is 0 Å². The predicted octanol–water partition coefficient (Wildman–Crippen LogP) is 12.2. The standard InChI is InChI=1S/C32H57OS/c1-6-9-10-11-12-13-14-15-16-17-18-19-20-21-22-23-24-34-29-25-30(27(4)7-2)32(33)31(26-29)28(5)8-3/h25-28H,6-24H2,1-5H3. The third kappa shape index (κ3) is 13.5. The molecule has 0 amide bonds. The zero-order chi connectivity index (χ0) is 25.0. The molecule has 0 saturated heterocycles. The topological polar surface area (TPSA) is 19.9 Å². The summed E-state index contributed by atoms with van der Waals surface area (Å²) in [6.07, 6.45) is 24.7. The Morgan fingerprint density at radius 3 is 1.29 bits per heavy atom. The maximum Gasteiger partial charge on any atom is 0.185 e. The Labute approximate surface area is 218 Å². The average Bonchev–Trinajstić information content (AvgIpc) is 2.85. The van der Waals surface area contributed by atoms with Crippen molar-refractivity contribution in [3.8, 4) is 5.75 Å². The summed E-state index contributed by atoms with van der Waals surface area (Å²) in [5.41, 5.74) is 2.07. The van der Waals surface area contributed by atoms with Gasteiger partial charge in [-0.25, -0.2) is 0 Å². The monoisotopic (exact) mass is 489 g/mol. The Kier molecular flexibility index (Phi) is 19.0. The van der Waals surface area contributed by atoms with Gasteiger partial charge in [0.15, 0.2) is 5.75 Å². The normalized spacial score (nSPS) is 13.3. The highest BCUT2D eigenvalue weighted by molar-refractivity contribution is 7.99. The third-order valence-electron chi connectivity index (χ3n) is 7.67. The van der Waals surface area contributed by atoms with Crippen molar-refractivity contribution in [1.82, 2.24) is 0 Å². The molecule has 0 aromatic heterocycles. The summed E-state index contributed by atoms with van der Waals surface area (Å²) in [5, 5.41) is 12.9. The molecule has 34 heavy (non-hydrogen) atoms. The van der Waals surface area contributed by atoms with Crippen LogP contribution in [0.2, 0.25) is 0 Å². The molecule has 0 aliphatic rings. The first kappa shape index (κ1) is 31.4. The van der Waals surface area contributed by atoms with Crippen LogP contribution in [-0.4, -0.2) is 5.75 Å². The van der Waals surface area contributed by atoms with Gasteiger partial charge in [0.05, 0.1) is 0 Å². The highest BCUT2D eigenvalue weighted by atomic mass is 32.2. The van der Waals surface area contributed by atoms with Crippen LogP contribution >= 0.6 is 11.8 Å². The van der Waals surface area contributed by atoms with Gasteiger partial charge in [0.2, 0.25) is 0 Å². The van der Waals surface area contributed by atoms with Gasteiger partial charge in [-0.2, -0.15) is 0 Å². The van der Waals surface area contributed by atoms with E-state index < -0.39 is 0 Å². The van der Waals surface area contributed by atoms with Crippen molar-refractivity contribution in [2.45, 2.75) is 167 Å². The van der Waals surface area contributed by atoms with Gasteiger partial charge < -0.3 is 0 Å². The molecule has 1 radical (unpaired) electrons. The smallest absolute Gasteiger partial charge is 0.185 e. The van der Waals surface area contributed by atoms with E-state index in [0.29, 0.717) is 17.6 Å². The first-order valence-electron chi connectivity index (χ1n) is 15.0. The van der Waals surface area contributed by atoms with Crippen molar-refractivity contribution in [2.24, 2.45) is 0 Å². The molecule has 0 fully saturated rings. The molecular weight excluding hydrogens is 432 g/mol. The molecule has 2 heteroatoms. The van der Waals surface area contributed by atoms with Gasteiger partial charge in [-0.1, -0.05) is 131 Å². The lowest BCUT2D eigenvalue weighted by molar-refractivity contribution is 0.338. The van der Waals surface area contributed by atoms with E-state index in [-0.39, 0.29) is 0 Å². The molecule has 0 N–H and O–H groups in total. The lowest BCUT2D eigenvalue weighted by Crippen LogP contribution is -1.99. The quantitative estimate of drug-likeness (QED) is 0.117. The molecular formula is C32H57OS. The number of benzene rings is 1. The van der Waals surface area contributed by atoms with E-state index in [0.717, 1.165) is 24.0 Å². The molecule has 0 saturated carbocycles. The molecule has 0 heterocycles. The number of unbranched alkanes of at least 4 members (excludes halogenated alkanes) is 15. The van der Waals surface area contributed by atoms with Crippen LogP contribution in [0, 0.1) is 0 Å². The lowest BCUT2D eigenvalue weighted by Gasteiger charge is -2.18. The third-order valence-corrected chi connectivity index (χ3v) is 8.73. The summed E-state index contributed by atoms with van der Waals surface area (Å²) in [6.45, 7) is 11.1. The van der Waals surface area contributed by atoms with Crippen LogP contribution in [0.25, 0.3) is 0 Å². The molecule has 2 atom stereocenters. The molecule has 1 aromatic rings. The fraction of sp³-hybridized carbons (Fsp3) is 0.812. The fourth-order valence-corrected chi connectivity index (χ4v) is 5.75. The Hall–Kier alpha value is -0.630.